The highest BCUT2D eigenvalue weighted by Crippen LogP contribution is 2.19. The van der Waals surface area contributed by atoms with Gasteiger partial charge in [-0.2, -0.15) is 0 Å². The predicted molar refractivity (Wildman–Crippen MR) is 65.1 cm³/mol. The van der Waals surface area contributed by atoms with Gasteiger partial charge in [0.15, 0.2) is 0 Å². The number of carbonyl (C=O) groups is 1. The predicted octanol–water partition coefficient (Wildman–Crippen LogP) is 2.49. The highest BCUT2D eigenvalue weighted by molar-refractivity contribution is 6.29. The van der Waals surface area contributed by atoms with Gasteiger partial charge in [0.05, 0.1) is 19.2 Å². The number of aryl methyl sites for hydroxylation is 1. The van der Waals surface area contributed by atoms with Gasteiger partial charge in [0.1, 0.15) is 5.75 Å². The Labute approximate surface area is 100 Å². The summed E-state index contributed by atoms with van der Waals surface area (Å²) in [5.74, 6) is 0.325. The number of benzene rings is 1. The Morgan fingerprint density at radius 3 is 2.81 bits per heavy atom. The fraction of sp³-hybridized carbons (Fsp3) is 0.250. The third kappa shape index (κ3) is 3.28. The molecule has 1 rings (SSSR count). The van der Waals surface area contributed by atoms with E-state index in [2.05, 4.69) is 11.9 Å². The van der Waals surface area contributed by atoms with Gasteiger partial charge in [-0.25, -0.2) is 0 Å². The molecule has 0 aliphatic heterocycles. The zero-order chi connectivity index (χ0) is 12.1. The molecular weight excluding hydrogens is 226 g/mol. The van der Waals surface area contributed by atoms with E-state index in [4.69, 9.17) is 16.3 Å². The van der Waals surface area contributed by atoms with Crippen molar-refractivity contribution in [3.63, 3.8) is 0 Å². The first-order valence-corrected chi connectivity index (χ1v) is 5.18. The summed E-state index contributed by atoms with van der Waals surface area (Å²) >= 11 is 5.57. The average molecular weight is 240 g/mol. The molecule has 16 heavy (non-hydrogen) atoms. The van der Waals surface area contributed by atoms with Gasteiger partial charge in [0, 0.05) is 5.03 Å². The van der Waals surface area contributed by atoms with Crippen molar-refractivity contribution >= 4 is 17.5 Å². The minimum Gasteiger partial charge on any atom is -0.496 e. The summed E-state index contributed by atoms with van der Waals surface area (Å²) in [6, 6.07) is 5.42. The highest BCUT2D eigenvalue weighted by Gasteiger charge is 2.11. The van der Waals surface area contributed by atoms with Gasteiger partial charge < -0.3 is 10.1 Å². The van der Waals surface area contributed by atoms with Gasteiger partial charge in [-0.05, 0) is 19.1 Å². The molecule has 0 unspecified atom stereocenters. The van der Waals surface area contributed by atoms with Crippen LogP contribution in [0.1, 0.15) is 15.9 Å². The van der Waals surface area contributed by atoms with E-state index >= 15 is 0 Å². The van der Waals surface area contributed by atoms with E-state index in [1.165, 1.54) is 7.11 Å². The van der Waals surface area contributed by atoms with Gasteiger partial charge in [-0.1, -0.05) is 29.8 Å². The number of hydrogen-bond donors (Lipinski definition) is 1. The highest BCUT2D eigenvalue weighted by atomic mass is 35.5. The summed E-state index contributed by atoms with van der Waals surface area (Å²) in [5.41, 5.74) is 1.50. The summed E-state index contributed by atoms with van der Waals surface area (Å²) < 4.78 is 5.11. The van der Waals surface area contributed by atoms with E-state index < -0.39 is 0 Å². The molecule has 0 atom stereocenters. The number of rotatable bonds is 4. The second kappa shape index (κ2) is 5.56. The van der Waals surface area contributed by atoms with Crippen molar-refractivity contribution in [3.05, 3.63) is 40.9 Å². The first-order chi connectivity index (χ1) is 7.54. The fourth-order valence-corrected chi connectivity index (χ4v) is 1.34. The van der Waals surface area contributed by atoms with E-state index in [0.29, 0.717) is 16.3 Å². The van der Waals surface area contributed by atoms with Crippen LogP contribution in [-0.2, 0) is 0 Å². The minimum atomic E-state index is -0.220. The zero-order valence-electron chi connectivity index (χ0n) is 9.34. The summed E-state index contributed by atoms with van der Waals surface area (Å²) in [6.45, 7) is 5.66. The lowest BCUT2D eigenvalue weighted by Gasteiger charge is -2.09. The van der Waals surface area contributed by atoms with Gasteiger partial charge in [-0.15, -0.1) is 0 Å². The monoisotopic (exact) mass is 239 g/mol. The van der Waals surface area contributed by atoms with Crippen LogP contribution in [0.25, 0.3) is 0 Å². The molecular formula is C12H14ClNO2. The molecule has 1 aromatic rings. The van der Waals surface area contributed by atoms with Gasteiger partial charge in [0.2, 0.25) is 0 Å². The topological polar surface area (TPSA) is 38.3 Å². The van der Waals surface area contributed by atoms with Gasteiger partial charge in [-0.3, -0.25) is 4.79 Å². The molecule has 1 N–H and O–H groups in total. The van der Waals surface area contributed by atoms with Crippen LogP contribution in [-0.4, -0.2) is 19.6 Å². The van der Waals surface area contributed by atoms with Crippen LogP contribution < -0.4 is 10.1 Å². The van der Waals surface area contributed by atoms with Crippen molar-refractivity contribution in [2.75, 3.05) is 13.7 Å². The molecule has 3 nitrogen and oxygen atoms in total. The molecule has 0 aliphatic rings. The number of carbonyl (C=O) groups excluding carboxylic acids is 1. The van der Waals surface area contributed by atoms with Crippen molar-refractivity contribution < 1.29 is 9.53 Å². The van der Waals surface area contributed by atoms with Crippen LogP contribution in [0.2, 0.25) is 0 Å². The lowest BCUT2D eigenvalue weighted by atomic mass is 10.1. The van der Waals surface area contributed by atoms with Crippen molar-refractivity contribution in [1.82, 2.24) is 5.32 Å². The molecule has 4 heteroatoms. The summed E-state index contributed by atoms with van der Waals surface area (Å²) in [6.07, 6.45) is 0. The number of hydrogen-bond acceptors (Lipinski definition) is 2. The molecule has 0 heterocycles. The number of amides is 1. The lowest BCUT2D eigenvalue weighted by molar-refractivity contribution is 0.0954. The maximum absolute atomic E-state index is 11.8. The summed E-state index contributed by atoms with van der Waals surface area (Å²) in [7, 11) is 1.53. The first kappa shape index (κ1) is 12.6. The molecule has 1 aromatic carbocycles. The third-order valence-electron chi connectivity index (χ3n) is 2.04. The lowest BCUT2D eigenvalue weighted by Crippen LogP contribution is -2.25. The van der Waals surface area contributed by atoms with E-state index in [1.54, 1.807) is 12.1 Å². The Kier molecular flexibility index (Phi) is 4.38. The minimum absolute atomic E-state index is 0.220. The van der Waals surface area contributed by atoms with E-state index in [-0.39, 0.29) is 12.5 Å². The van der Waals surface area contributed by atoms with E-state index in [1.807, 2.05) is 13.0 Å². The normalized spacial score (nSPS) is 9.69. The molecule has 0 fully saturated rings. The van der Waals surface area contributed by atoms with E-state index in [9.17, 15) is 4.79 Å². The molecule has 0 bridgehead atoms. The Hall–Kier alpha value is -1.48. The van der Waals surface area contributed by atoms with Crippen LogP contribution in [0, 0.1) is 6.92 Å². The summed E-state index contributed by atoms with van der Waals surface area (Å²) in [5, 5.41) is 3.04. The largest absolute Gasteiger partial charge is 0.496 e. The van der Waals surface area contributed by atoms with Crippen molar-refractivity contribution in [3.8, 4) is 5.75 Å². The Bertz CT molecular complexity index is 415. The number of halogens is 1. The molecule has 0 radical (unpaired) electrons. The summed E-state index contributed by atoms with van der Waals surface area (Å²) in [4.78, 5) is 11.8. The number of ether oxygens (including phenoxy) is 1. The molecule has 1 amide bonds. The van der Waals surface area contributed by atoms with Crippen molar-refractivity contribution in [1.29, 1.82) is 0 Å². The van der Waals surface area contributed by atoms with Gasteiger partial charge >= 0.3 is 0 Å². The zero-order valence-corrected chi connectivity index (χ0v) is 10.1. The van der Waals surface area contributed by atoms with Crippen LogP contribution >= 0.6 is 11.6 Å². The standard InChI is InChI=1S/C12H14ClNO2/c1-8-4-5-11(16-3)10(6-8)12(15)14-7-9(2)13/h4-6H,2,7H2,1,3H3,(H,14,15). The number of nitrogens with one attached hydrogen (secondary N) is 1. The van der Waals surface area contributed by atoms with Crippen LogP contribution in [0.15, 0.2) is 29.8 Å². The molecule has 0 saturated carbocycles. The van der Waals surface area contributed by atoms with E-state index in [0.717, 1.165) is 5.56 Å². The average Bonchev–Trinajstić information content (AvgIpc) is 2.25. The Balaban J connectivity index is 2.88. The molecule has 0 spiro atoms. The molecule has 0 aliphatic carbocycles. The molecule has 86 valence electrons. The van der Waals surface area contributed by atoms with Crippen LogP contribution in [0.4, 0.5) is 0 Å². The molecule has 0 saturated heterocycles. The first-order valence-electron chi connectivity index (χ1n) is 4.80. The smallest absolute Gasteiger partial charge is 0.255 e. The third-order valence-corrected chi connectivity index (χ3v) is 2.17. The SMILES string of the molecule is C=C(Cl)CNC(=O)c1cc(C)ccc1OC. The quantitative estimate of drug-likeness (QED) is 0.877. The van der Waals surface area contributed by atoms with Crippen molar-refractivity contribution in [2.45, 2.75) is 6.92 Å². The van der Waals surface area contributed by atoms with Gasteiger partial charge in [0.25, 0.3) is 5.91 Å². The van der Waals surface area contributed by atoms with Crippen LogP contribution in [0.3, 0.4) is 0 Å². The second-order valence-electron chi connectivity index (χ2n) is 3.40. The Morgan fingerprint density at radius 1 is 1.56 bits per heavy atom. The maximum Gasteiger partial charge on any atom is 0.255 e. The maximum atomic E-state index is 11.8. The number of methoxy groups -OCH3 is 1. The van der Waals surface area contributed by atoms with Crippen LogP contribution in [0.5, 0.6) is 5.75 Å². The Morgan fingerprint density at radius 2 is 2.25 bits per heavy atom. The fourth-order valence-electron chi connectivity index (χ4n) is 1.27. The second-order valence-corrected chi connectivity index (χ2v) is 3.94. The van der Waals surface area contributed by atoms with Crippen molar-refractivity contribution in [2.24, 2.45) is 0 Å². The molecule has 0 aromatic heterocycles.